The largest absolute Gasteiger partial charge is 0.378 e. The Morgan fingerprint density at radius 3 is 3.05 bits per heavy atom. The van der Waals surface area contributed by atoms with Gasteiger partial charge in [0.1, 0.15) is 0 Å². The molecule has 0 amide bonds. The van der Waals surface area contributed by atoms with Crippen LogP contribution in [0, 0.1) is 6.92 Å². The predicted octanol–water partition coefficient (Wildman–Crippen LogP) is 4.45. The van der Waals surface area contributed by atoms with Gasteiger partial charge in [-0.15, -0.1) is 11.3 Å². The summed E-state index contributed by atoms with van der Waals surface area (Å²) in [4.78, 5) is 1.53. The molecule has 0 bridgehead atoms. The molecule has 3 heteroatoms. The Labute approximate surface area is 121 Å². The molecule has 0 spiro atoms. The van der Waals surface area contributed by atoms with Crippen molar-refractivity contribution in [1.82, 2.24) is 5.32 Å². The number of thiophene rings is 1. The van der Waals surface area contributed by atoms with Crippen LogP contribution in [0.3, 0.4) is 0 Å². The highest BCUT2D eigenvalue weighted by molar-refractivity contribution is 7.10. The summed E-state index contributed by atoms with van der Waals surface area (Å²) in [6, 6.07) is 2.78. The van der Waals surface area contributed by atoms with Crippen LogP contribution in [0.15, 0.2) is 11.4 Å². The molecule has 1 saturated heterocycles. The molecule has 1 fully saturated rings. The summed E-state index contributed by atoms with van der Waals surface area (Å²) in [5.74, 6) is 0. The first kappa shape index (κ1) is 15.0. The summed E-state index contributed by atoms with van der Waals surface area (Å²) in [6.07, 6.45) is 8.00. The number of nitrogens with one attached hydrogen (secondary N) is 1. The van der Waals surface area contributed by atoms with Gasteiger partial charge in [0.05, 0.1) is 6.10 Å². The Hall–Kier alpha value is -0.380. The van der Waals surface area contributed by atoms with E-state index in [4.69, 9.17) is 4.74 Å². The zero-order valence-electron chi connectivity index (χ0n) is 12.3. The Bertz CT molecular complexity index is 357. The van der Waals surface area contributed by atoms with Gasteiger partial charge in [0.25, 0.3) is 0 Å². The normalized spacial score (nSPS) is 20.8. The Morgan fingerprint density at radius 2 is 2.42 bits per heavy atom. The lowest BCUT2D eigenvalue weighted by Crippen LogP contribution is -2.22. The lowest BCUT2D eigenvalue weighted by atomic mass is 10.0. The monoisotopic (exact) mass is 281 g/mol. The van der Waals surface area contributed by atoms with Crippen LogP contribution in [-0.2, 0) is 4.74 Å². The van der Waals surface area contributed by atoms with Gasteiger partial charge in [-0.05, 0) is 69.0 Å². The molecule has 0 radical (unpaired) electrons. The van der Waals surface area contributed by atoms with Crippen molar-refractivity contribution < 1.29 is 4.74 Å². The third-order valence-electron chi connectivity index (χ3n) is 3.90. The number of hydrogen-bond donors (Lipinski definition) is 1. The van der Waals surface area contributed by atoms with Crippen molar-refractivity contribution >= 4 is 11.3 Å². The molecule has 0 aromatic carbocycles. The summed E-state index contributed by atoms with van der Waals surface area (Å²) in [5.41, 5.74) is 1.44. The first-order chi connectivity index (χ1) is 9.31. The molecule has 2 heterocycles. The molecular weight excluding hydrogens is 254 g/mol. The first-order valence-corrected chi connectivity index (χ1v) is 8.58. The average molecular weight is 281 g/mol. The topological polar surface area (TPSA) is 21.3 Å². The zero-order valence-corrected chi connectivity index (χ0v) is 13.1. The predicted molar refractivity (Wildman–Crippen MR) is 82.9 cm³/mol. The molecule has 1 aliphatic heterocycles. The Kier molecular flexibility index (Phi) is 6.35. The van der Waals surface area contributed by atoms with E-state index in [0.717, 1.165) is 13.2 Å². The van der Waals surface area contributed by atoms with Crippen molar-refractivity contribution in [3.8, 4) is 0 Å². The first-order valence-electron chi connectivity index (χ1n) is 7.70. The van der Waals surface area contributed by atoms with Gasteiger partial charge in [0.15, 0.2) is 0 Å². The minimum atomic E-state index is 0.538. The summed E-state index contributed by atoms with van der Waals surface area (Å²) >= 11 is 1.90. The zero-order chi connectivity index (χ0) is 13.5. The molecule has 0 saturated carbocycles. The van der Waals surface area contributed by atoms with Gasteiger partial charge in [-0.2, -0.15) is 0 Å². The maximum absolute atomic E-state index is 5.71. The third-order valence-corrected chi connectivity index (χ3v) is 5.03. The summed E-state index contributed by atoms with van der Waals surface area (Å²) in [5, 5.41) is 5.92. The van der Waals surface area contributed by atoms with Gasteiger partial charge >= 0.3 is 0 Å². The highest BCUT2D eigenvalue weighted by Crippen LogP contribution is 2.29. The smallest absolute Gasteiger partial charge is 0.0576 e. The minimum Gasteiger partial charge on any atom is -0.378 e. The highest BCUT2D eigenvalue weighted by Gasteiger charge is 2.18. The molecule has 108 valence electrons. The van der Waals surface area contributed by atoms with Crippen LogP contribution in [0.25, 0.3) is 0 Å². The number of aryl methyl sites for hydroxylation is 1. The SMILES string of the molecule is CCCNC(CCCC1CCCO1)c1sccc1C. The van der Waals surface area contributed by atoms with E-state index in [1.165, 1.54) is 49.0 Å². The van der Waals surface area contributed by atoms with E-state index < -0.39 is 0 Å². The van der Waals surface area contributed by atoms with Gasteiger partial charge in [0.2, 0.25) is 0 Å². The van der Waals surface area contributed by atoms with E-state index in [1.54, 1.807) is 0 Å². The van der Waals surface area contributed by atoms with Crippen LogP contribution in [0.4, 0.5) is 0 Å². The molecule has 2 atom stereocenters. The summed E-state index contributed by atoms with van der Waals surface area (Å²) in [6.45, 7) is 6.55. The van der Waals surface area contributed by atoms with Crippen molar-refractivity contribution in [1.29, 1.82) is 0 Å². The van der Waals surface area contributed by atoms with Crippen molar-refractivity contribution in [3.05, 3.63) is 21.9 Å². The second kappa shape index (κ2) is 8.03. The molecule has 19 heavy (non-hydrogen) atoms. The van der Waals surface area contributed by atoms with E-state index in [1.807, 2.05) is 11.3 Å². The fourth-order valence-electron chi connectivity index (χ4n) is 2.81. The molecule has 1 aliphatic rings. The van der Waals surface area contributed by atoms with E-state index in [9.17, 15) is 0 Å². The lowest BCUT2D eigenvalue weighted by molar-refractivity contribution is 0.101. The fraction of sp³-hybridized carbons (Fsp3) is 0.750. The molecule has 0 aliphatic carbocycles. The summed E-state index contributed by atoms with van der Waals surface area (Å²) in [7, 11) is 0. The number of ether oxygens (including phenoxy) is 1. The van der Waals surface area contributed by atoms with Crippen LogP contribution in [0.2, 0.25) is 0 Å². The molecule has 2 unspecified atom stereocenters. The highest BCUT2D eigenvalue weighted by atomic mass is 32.1. The van der Waals surface area contributed by atoms with Crippen LogP contribution >= 0.6 is 11.3 Å². The molecule has 1 N–H and O–H groups in total. The maximum atomic E-state index is 5.71. The van der Waals surface area contributed by atoms with Crippen LogP contribution in [-0.4, -0.2) is 19.3 Å². The molecule has 2 rings (SSSR count). The summed E-state index contributed by atoms with van der Waals surface area (Å²) < 4.78 is 5.71. The fourth-order valence-corrected chi connectivity index (χ4v) is 3.85. The molecular formula is C16H27NOS. The average Bonchev–Trinajstić information content (AvgIpc) is 3.05. The molecule has 1 aromatic rings. The molecule has 2 nitrogen and oxygen atoms in total. The minimum absolute atomic E-state index is 0.538. The third kappa shape index (κ3) is 4.59. The van der Waals surface area contributed by atoms with Gasteiger partial charge < -0.3 is 10.1 Å². The van der Waals surface area contributed by atoms with Crippen LogP contribution in [0.1, 0.15) is 61.9 Å². The van der Waals surface area contributed by atoms with E-state index in [0.29, 0.717) is 12.1 Å². The number of hydrogen-bond acceptors (Lipinski definition) is 3. The van der Waals surface area contributed by atoms with E-state index >= 15 is 0 Å². The van der Waals surface area contributed by atoms with Crippen LogP contribution < -0.4 is 5.32 Å². The molecule has 1 aromatic heterocycles. The Balaban J connectivity index is 1.81. The van der Waals surface area contributed by atoms with Crippen LogP contribution in [0.5, 0.6) is 0 Å². The van der Waals surface area contributed by atoms with E-state index in [2.05, 4.69) is 30.6 Å². The maximum Gasteiger partial charge on any atom is 0.0576 e. The quantitative estimate of drug-likeness (QED) is 0.760. The van der Waals surface area contributed by atoms with Crippen molar-refractivity contribution in [2.75, 3.05) is 13.2 Å². The Morgan fingerprint density at radius 1 is 1.53 bits per heavy atom. The second-order valence-corrected chi connectivity index (χ2v) is 6.49. The standard InChI is InChI=1S/C16H27NOS/c1-3-10-17-15(16-13(2)9-12-19-16)8-4-6-14-7-5-11-18-14/h9,12,14-15,17H,3-8,10-11H2,1-2H3. The van der Waals surface area contributed by atoms with Gasteiger partial charge in [-0.1, -0.05) is 6.92 Å². The second-order valence-electron chi connectivity index (χ2n) is 5.54. The lowest BCUT2D eigenvalue weighted by Gasteiger charge is -2.19. The van der Waals surface area contributed by atoms with Crippen molar-refractivity contribution in [2.24, 2.45) is 0 Å². The number of rotatable bonds is 8. The van der Waals surface area contributed by atoms with Gasteiger partial charge in [-0.25, -0.2) is 0 Å². The van der Waals surface area contributed by atoms with Crippen molar-refractivity contribution in [3.63, 3.8) is 0 Å². The van der Waals surface area contributed by atoms with Gasteiger partial charge in [-0.3, -0.25) is 0 Å². The van der Waals surface area contributed by atoms with Crippen molar-refractivity contribution in [2.45, 2.75) is 64.5 Å². The van der Waals surface area contributed by atoms with E-state index in [-0.39, 0.29) is 0 Å². The van der Waals surface area contributed by atoms with Gasteiger partial charge in [0, 0.05) is 17.5 Å².